The molecule has 0 saturated carbocycles. The van der Waals surface area contributed by atoms with Gasteiger partial charge in [0, 0.05) is 24.2 Å². The van der Waals surface area contributed by atoms with Crippen LogP contribution in [0.3, 0.4) is 0 Å². The molecule has 0 radical (unpaired) electrons. The molecule has 1 aliphatic heterocycles. The van der Waals surface area contributed by atoms with E-state index in [0.717, 1.165) is 22.6 Å². The van der Waals surface area contributed by atoms with Crippen LogP contribution in [0.25, 0.3) is 0 Å². The Kier molecular flexibility index (Phi) is 3.71. The molecule has 3 rings (SSSR count). The minimum Gasteiger partial charge on any atom is -0.480 e. The highest BCUT2D eigenvalue weighted by molar-refractivity contribution is 5.82. The highest BCUT2D eigenvalue weighted by Crippen LogP contribution is 2.28. The number of nitrogens with one attached hydrogen (secondary N) is 2. The molecule has 0 aliphatic carbocycles. The van der Waals surface area contributed by atoms with Crippen LogP contribution >= 0.6 is 0 Å². The number of H-pyrrole nitrogens is 1. The fourth-order valence-electron chi connectivity index (χ4n) is 2.72. The third kappa shape index (κ3) is 2.74. The van der Waals surface area contributed by atoms with Crippen molar-refractivity contribution in [3.8, 4) is 5.75 Å². The third-order valence-electron chi connectivity index (χ3n) is 3.87. The van der Waals surface area contributed by atoms with Gasteiger partial charge in [0.05, 0.1) is 0 Å². The van der Waals surface area contributed by atoms with Crippen LogP contribution in [-0.4, -0.2) is 17.0 Å². The normalized spacial score (nSPS) is 16.0. The second-order valence-corrected chi connectivity index (χ2v) is 5.58. The second-order valence-electron chi connectivity index (χ2n) is 5.58. The van der Waals surface area contributed by atoms with E-state index in [-0.39, 0.29) is 18.0 Å². The minimum atomic E-state index is -0.526. The molecule has 2 N–H and O–H groups in total. The van der Waals surface area contributed by atoms with Gasteiger partial charge in [-0.25, -0.2) is 0 Å². The number of hydrogen-bond donors (Lipinski definition) is 2. The molecular weight excluding hydrogens is 280 g/mol. The largest absolute Gasteiger partial charge is 0.480 e. The fourth-order valence-corrected chi connectivity index (χ4v) is 2.72. The summed E-state index contributed by atoms with van der Waals surface area (Å²) in [6.45, 7) is 3.91. The monoisotopic (exact) mass is 298 g/mol. The van der Waals surface area contributed by atoms with Gasteiger partial charge in [-0.1, -0.05) is 18.2 Å². The van der Waals surface area contributed by atoms with Crippen molar-refractivity contribution in [2.45, 2.75) is 32.9 Å². The smallest absolute Gasteiger partial charge is 0.261 e. The maximum Gasteiger partial charge on any atom is 0.261 e. The molecule has 1 amide bonds. The summed E-state index contributed by atoms with van der Waals surface area (Å²) in [4.78, 5) is 26.9. The number of pyridine rings is 1. The average Bonchev–Trinajstić information content (AvgIpc) is 2.89. The number of aromatic amines is 1. The number of carbonyl (C=O) groups excluding carboxylic acids is 1. The van der Waals surface area contributed by atoms with Gasteiger partial charge >= 0.3 is 0 Å². The molecule has 0 spiro atoms. The summed E-state index contributed by atoms with van der Waals surface area (Å²) >= 11 is 0. The lowest BCUT2D eigenvalue weighted by Gasteiger charge is -2.12. The quantitative estimate of drug-likeness (QED) is 0.904. The Morgan fingerprint density at radius 2 is 2.14 bits per heavy atom. The van der Waals surface area contributed by atoms with E-state index in [1.165, 1.54) is 0 Å². The lowest BCUT2D eigenvalue weighted by molar-refractivity contribution is -0.127. The zero-order valence-electron chi connectivity index (χ0n) is 12.6. The lowest BCUT2D eigenvalue weighted by Crippen LogP contribution is -2.38. The van der Waals surface area contributed by atoms with E-state index in [0.29, 0.717) is 12.0 Å². The molecule has 5 nitrogen and oxygen atoms in total. The Labute approximate surface area is 128 Å². The first-order valence-electron chi connectivity index (χ1n) is 7.26. The number of carbonyl (C=O) groups is 1. The predicted molar refractivity (Wildman–Crippen MR) is 82.9 cm³/mol. The topological polar surface area (TPSA) is 71.2 Å². The van der Waals surface area contributed by atoms with E-state index >= 15 is 0 Å². The number of benzene rings is 1. The molecule has 114 valence electrons. The molecule has 2 heterocycles. The highest BCUT2D eigenvalue weighted by Gasteiger charge is 2.28. The zero-order valence-corrected chi connectivity index (χ0v) is 12.6. The molecule has 1 atom stereocenters. The van der Waals surface area contributed by atoms with Crippen molar-refractivity contribution >= 4 is 5.91 Å². The van der Waals surface area contributed by atoms with Crippen molar-refractivity contribution in [3.63, 3.8) is 0 Å². The molecule has 0 saturated heterocycles. The number of para-hydroxylation sites is 1. The van der Waals surface area contributed by atoms with Gasteiger partial charge in [0.1, 0.15) is 5.75 Å². The van der Waals surface area contributed by atoms with Crippen LogP contribution in [0.15, 0.2) is 35.1 Å². The maximum atomic E-state index is 12.2. The van der Waals surface area contributed by atoms with Crippen LogP contribution < -0.4 is 15.6 Å². The third-order valence-corrected chi connectivity index (χ3v) is 3.87. The van der Waals surface area contributed by atoms with Crippen LogP contribution in [0.4, 0.5) is 0 Å². The summed E-state index contributed by atoms with van der Waals surface area (Å²) in [5.41, 5.74) is 3.14. The van der Waals surface area contributed by atoms with Gasteiger partial charge in [0.15, 0.2) is 6.10 Å². The van der Waals surface area contributed by atoms with Crippen molar-refractivity contribution in [1.29, 1.82) is 0 Å². The number of rotatable bonds is 3. The number of hydrogen-bond acceptors (Lipinski definition) is 3. The predicted octanol–water partition coefficient (Wildman–Crippen LogP) is 1.61. The average molecular weight is 298 g/mol. The van der Waals surface area contributed by atoms with E-state index in [4.69, 9.17) is 4.74 Å². The van der Waals surface area contributed by atoms with Crippen LogP contribution in [0, 0.1) is 13.8 Å². The van der Waals surface area contributed by atoms with Crippen LogP contribution in [0.5, 0.6) is 5.75 Å². The van der Waals surface area contributed by atoms with Gasteiger partial charge in [-0.05, 0) is 37.1 Å². The Balaban J connectivity index is 1.66. The van der Waals surface area contributed by atoms with Gasteiger partial charge in [0.2, 0.25) is 0 Å². The number of ether oxygens (including phenoxy) is 1. The summed E-state index contributed by atoms with van der Waals surface area (Å²) in [5.74, 6) is 0.558. The fraction of sp³-hybridized carbons (Fsp3) is 0.294. The van der Waals surface area contributed by atoms with Crippen LogP contribution in [-0.2, 0) is 17.8 Å². The molecule has 0 fully saturated rings. The summed E-state index contributed by atoms with van der Waals surface area (Å²) in [6, 6.07) is 9.52. The molecule has 2 aromatic rings. The Bertz CT molecular complexity index is 755. The molecule has 22 heavy (non-hydrogen) atoms. The van der Waals surface area contributed by atoms with E-state index in [2.05, 4.69) is 10.3 Å². The first-order valence-corrected chi connectivity index (χ1v) is 7.26. The Hall–Kier alpha value is -2.56. The number of fused-ring (bicyclic) bond motifs is 1. The maximum absolute atomic E-state index is 12.2. The number of aromatic nitrogens is 1. The van der Waals surface area contributed by atoms with E-state index in [1.54, 1.807) is 0 Å². The van der Waals surface area contributed by atoms with Crippen molar-refractivity contribution in [3.05, 3.63) is 63.1 Å². The van der Waals surface area contributed by atoms with E-state index < -0.39 is 6.10 Å². The first-order chi connectivity index (χ1) is 10.5. The van der Waals surface area contributed by atoms with Gasteiger partial charge in [0.25, 0.3) is 11.5 Å². The molecule has 1 aromatic carbocycles. The first kappa shape index (κ1) is 14.4. The minimum absolute atomic E-state index is 0.159. The van der Waals surface area contributed by atoms with Gasteiger partial charge < -0.3 is 15.0 Å². The van der Waals surface area contributed by atoms with Gasteiger partial charge in [-0.3, -0.25) is 9.59 Å². The van der Waals surface area contributed by atoms with Gasteiger partial charge in [-0.2, -0.15) is 0 Å². The summed E-state index contributed by atoms with van der Waals surface area (Å²) in [5, 5.41) is 2.79. The van der Waals surface area contributed by atoms with Crippen molar-refractivity contribution in [1.82, 2.24) is 10.3 Å². The number of amides is 1. The van der Waals surface area contributed by atoms with E-state index in [9.17, 15) is 9.59 Å². The van der Waals surface area contributed by atoms with Gasteiger partial charge in [-0.15, -0.1) is 0 Å². The highest BCUT2D eigenvalue weighted by atomic mass is 16.5. The SMILES string of the molecule is Cc1cc(C)c(CNC(=O)[C@H]2Cc3ccccc3O2)c(=O)[nH]1. The molecule has 1 aromatic heterocycles. The van der Waals surface area contributed by atoms with E-state index in [1.807, 2.05) is 44.2 Å². The van der Waals surface area contributed by atoms with Crippen LogP contribution in [0.1, 0.15) is 22.4 Å². The standard InChI is InChI=1S/C17H18N2O3/c1-10-7-11(2)19-16(20)13(10)9-18-17(21)15-8-12-5-3-4-6-14(12)22-15/h3-7,15H,8-9H2,1-2H3,(H,18,21)(H,19,20)/t15-/m1/s1. The van der Waals surface area contributed by atoms with Crippen molar-refractivity contribution in [2.24, 2.45) is 0 Å². The molecular formula is C17H18N2O3. The lowest BCUT2D eigenvalue weighted by atomic mass is 10.1. The molecule has 0 bridgehead atoms. The summed E-state index contributed by atoms with van der Waals surface area (Å²) in [7, 11) is 0. The second kappa shape index (κ2) is 5.67. The van der Waals surface area contributed by atoms with Crippen LogP contribution in [0.2, 0.25) is 0 Å². The molecule has 0 unspecified atom stereocenters. The zero-order chi connectivity index (χ0) is 15.7. The van der Waals surface area contributed by atoms with Crippen molar-refractivity contribution in [2.75, 3.05) is 0 Å². The van der Waals surface area contributed by atoms with Crippen molar-refractivity contribution < 1.29 is 9.53 Å². The Morgan fingerprint density at radius 3 is 2.86 bits per heavy atom. The number of aryl methyl sites for hydroxylation is 2. The molecule has 1 aliphatic rings. The summed E-state index contributed by atoms with van der Waals surface area (Å²) in [6.07, 6.45) is 0.0351. The Morgan fingerprint density at radius 1 is 1.36 bits per heavy atom. The molecule has 5 heteroatoms. The summed E-state index contributed by atoms with van der Waals surface area (Å²) < 4.78 is 5.64.